The summed E-state index contributed by atoms with van der Waals surface area (Å²) in [5.41, 5.74) is 8.57. The third kappa shape index (κ3) is 3.69. The normalized spacial score (nSPS) is 11.4. The third-order valence-corrected chi connectivity index (χ3v) is 4.39. The predicted octanol–water partition coefficient (Wildman–Crippen LogP) is 4.12. The van der Waals surface area contributed by atoms with Gasteiger partial charge in [-0.1, -0.05) is 30.4 Å². The summed E-state index contributed by atoms with van der Waals surface area (Å²) >= 11 is 0. The number of aliphatic hydroxyl groups is 1. The van der Waals surface area contributed by atoms with Gasteiger partial charge in [-0.15, -0.1) is 0 Å². The molecule has 0 aliphatic carbocycles. The van der Waals surface area contributed by atoms with Crippen LogP contribution in [-0.4, -0.2) is 17.2 Å². The molecule has 0 atom stereocenters. The van der Waals surface area contributed by atoms with Crippen molar-refractivity contribution in [3.63, 3.8) is 0 Å². The van der Waals surface area contributed by atoms with E-state index in [1.165, 1.54) is 16.7 Å². The molecule has 23 heavy (non-hydrogen) atoms. The van der Waals surface area contributed by atoms with Crippen LogP contribution in [0.5, 0.6) is 0 Å². The minimum Gasteiger partial charge on any atom is -0.392 e. The third-order valence-electron chi connectivity index (χ3n) is 4.39. The number of benzene rings is 1. The highest BCUT2D eigenvalue weighted by atomic mass is 16.5. The van der Waals surface area contributed by atoms with E-state index in [0.717, 1.165) is 28.1 Å². The number of pyridine rings is 1. The van der Waals surface area contributed by atoms with Crippen molar-refractivity contribution in [1.82, 2.24) is 4.98 Å². The Morgan fingerprint density at radius 2 is 1.78 bits per heavy atom. The molecule has 122 valence electrons. The molecule has 1 heterocycles. The largest absolute Gasteiger partial charge is 0.392 e. The van der Waals surface area contributed by atoms with Gasteiger partial charge in [0.15, 0.2) is 0 Å². The second kappa shape index (κ2) is 7.53. The van der Waals surface area contributed by atoms with E-state index >= 15 is 0 Å². The summed E-state index contributed by atoms with van der Waals surface area (Å²) in [5, 5.41) is 9.56. The standard InChI is InChI=1S/C20H25NO2/c1-13-17(7-6-8-18(13)12-23-5)9-10-19-14(2)20(11-22)16(4)21-15(19)3/h6-10,22H,11-12H2,1-5H3. The molecule has 0 amide bonds. The number of aromatic nitrogens is 1. The van der Waals surface area contributed by atoms with E-state index in [1.54, 1.807) is 7.11 Å². The maximum atomic E-state index is 9.56. The Morgan fingerprint density at radius 3 is 2.43 bits per heavy atom. The van der Waals surface area contributed by atoms with Gasteiger partial charge in [0.1, 0.15) is 0 Å². The maximum absolute atomic E-state index is 9.56. The van der Waals surface area contributed by atoms with Gasteiger partial charge in [0.2, 0.25) is 0 Å². The number of methoxy groups -OCH3 is 1. The number of hydrogen-bond acceptors (Lipinski definition) is 3. The van der Waals surface area contributed by atoms with Crippen molar-refractivity contribution < 1.29 is 9.84 Å². The van der Waals surface area contributed by atoms with E-state index < -0.39 is 0 Å². The lowest BCUT2D eigenvalue weighted by molar-refractivity contribution is 0.184. The van der Waals surface area contributed by atoms with Crippen LogP contribution in [0.4, 0.5) is 0 Å². The topological polar surface area (TPSA) is 42.4 Å². The minimum atomic E-state index is 0.0220. The number of nitrogens with zero attached hydrogens (tertiary/aromatic N) is 1. The molecule has 0 fully saturated rings. The van der Waals surface area contributed by atoms with Crippen molar-refractivity contribution >= 4 is 12.2 Å². The van der Waals surface area contributed by atoms with Crippen LogP contribution in [0.2, 0.25) is 0 Å². The molecular formula is C20H25NO2. The predicted molar refractivity (Wildman–Crippen MR) is 95.2 cm³/mol. The summed E-state index contributed by atoms with van der Waals surface area (Å²) < 4.78 is 5.25. The lowest BCUT2D eigenvalue weighted by Crippen LogP contribution is -2.02. The fourth-order valence-corrected chi connectivity index (χ4v) is 2.93. The van der Waals surface area contributed by atoms with Gasteiger partial charge in [-0.3, -0.25) is 4.98 Å². The molecule has 0 unspecified atom stereocenters. The average molecular weight is 311 g/mol. The molecule has 0 saturated carbocycles. The smallest absolute Gasteiger partial charge is 0.0715 e. The second-order valence-electron chi connectivity index (χ2n) is 5.86. The molecule has 0 radical (unpaired) electrons. The summed E-state index contributed by atoms with van der Waals surface area (Å²) in [6.45, 7) is 8.74. The lowest BCUT2D eigenvalue weighted by atomic mass is 9.97. The molecule has 0 spiro atoms. The highest BCUT2D eigenvalue weighted by Gasteiger charge is 2.10. The number of ether oxygens (including phenoxy) is 1. The Balaban J connectivity index is 2.44. The molecule has 2 aromatic rings. The zero-order valence-electron chi connectivity index (χ0n) is 14.6. The molecular weight excluding hydrogens is 286 g/mol. The summed E-state index contributed by atoms with van der Waals surface area (Å²) in [4.78, 5) is 4.56. The molecule has 0 saturated heterocycles. The van der Waals surface area contributed by atoms with E-state index in [2.05, 4.69) is 36.2 Å². The van der Waals surface area contributed by atoms with Crippen molar-refractivity contribution in [3.05, 3.63) is 63.0 Å². The van der Waals surface area contributed by atoms with E-state index in [9.17, 15) is 5.11 Å². The average Bonchev–Trinajstić information content (AvgIpc) is 2.50. The van der Waals surface area contributed by atoms with Crippen LogP contribution in [0, 0.1) is 27.7 Å². The van der Waals surface area contributed by atoms with Crippen LogP contribution in [0.25, 0.3) is 12.2 Å². The first-order chi connectivity index (χ1) is 11.0. The zero-order chi connectivity index (χ0) is 17.0. The van der Waals surface area contributed by atoms with Crippen LogP contribution in [0.3, 0.4) is 0 Å². The molecule has 3 nitrogen and oxygen atoms in total. The summed E-state index contributed by atoms with van der Waals surface area (Å²) in [6.07, 6.45) is 4.21. The van der Waals surface area contributed by atoms with Crippen molar-refractivity contribution in [2.24, 2.45) is 0 Å². The first-order valence-corrected chi connectivity index (χ1v) is 7.82. The maximum Gasteiger partial charge on any atom is 0.0715 e. The number of hydrogen-bond donors (Lipinski definition) is 1. The van der Waals surface area contributed by atoms with Crippen molar-refractivity contribution in [2.75, 3.05) is 7.11 Å². The number of rotatable bonds is 5. The second-order valence-corrected chi connectivity index (χ2v) is 5.86. The molecule has 1 aromatic heterocycles. The van der Waals surface area contributed by atoms with Crippen LogP contribution in [-0.2, 0) is 18.0 Å². The van der Waals surface area contributed by atoms with Gasteiger partial charge in [0.05, 0.1) is 13.2 Å². The van der Waals surface area contributed by atoms with Gasteiger partial charge < -0.3 is 9.84 Å². The SMILES string of the molecule is COCc1cccc(C=Cc2c(C)nc(C)c(CO)c2C)c1C. The molecule has 2 rings (SSSR count). The van der Waals surface area contributed by atoms with Crippen LogP contribution in [0.1, 0.15) is 44.8 Å². The zero-order valence-corrected chi connectivity index (χ0v) is 14.6. The van der Waals surface area contributed by atoms with Gasteiger partial charge in [-0.25, -0.2) is 0 Å². The number of aliphatic hydroxyl groups excluding tert-OH is 1. The van der Waals surface area contributed by atoms with E-state index in [-0.39, 0.29) is 6.61 Å². The number of aryl methyl sites for hydroxylation is 2. The van der Waals surface area contributed by atoms with Crippen LogP contribution >= 0.6 is 0 Å². The van der Waals surface area contributed by atoms with Gasteiger partial charge in [-0.2, -0.15) is 0 Å². The van der Waals surface area contributed by atoms with Crippen molar-refractivity contribution in [1.29, 1.82) is 0 Å². The van der Waals surface area contributed by atoms with Crippen molar-refractivity contribution in [3.8, 4) is 0 Å². The van der Waals surface area contributed by atoms with Crippen LogP contribution in [0.15, 0.2) is 18.2 Å². The summed E-state index contributed by atoms with van der Waals surface area (Å²) in [5.74, 6) is 0. The molecule has 0 aliphatic rings. The fourth-order valence-electron chi connectivity index (χ4n) is 2.93. The molecule has 3 heteroatoms. The Morgan fingerprint density at radius 1 is 1.04 bits per heavy atom. The van der Waals surface area contributed by atoms with Gasteiger partial charge in [-0.05, 0) is 55.5 Å². The Hall–Kier alpha value is -1.97. The molecule has 0 aliphatic heterocycles. The van der Waals surface area contributed by atoms with Gasteiger partial charge in [0, 0.05) is 24.1 Å². The highest BCUT2D eigenvalue weighted by Crippen LogP contribution is 2.23. The summed E-state index contributed by atoms with van der Waals surface area (Å²) in [7, 11) is 1.71. The molecule has 1 aromatic carbocycles. The quantitative estimate of drug-likeness (QED) is 0.903. The van der Waals surface area contributed by atoms with Gasteiger partial charge >= 0.3 is 0 Å². The Bertz CT molecular complexity index is 733. The van der Waals surface area contributed by atoms with E-state index in [1.807, 2.05) is 26.8 Å². The Kier molecular flexibility index (Phi) is 5.69. The van der Waals surface area contributed by atoms with E-state index in [0.29, 0.717) is 6.61 Å². The highest BCUT2D eigenvalue weighted by molar-refractivity contribution is 5.74. The van der Waals surface area contributed by atoms with Crippen LogP contribution < -0.4 is 0 Å². The van der Waals surface area contributed by atoms with Crippen molar-refractivity contribution in [2.45, 2.75) is 40.9 Å². The fraction of sp³-hybridized carbons (Fsp3) is 0.350. The van der Waals surface area contributed by atoms with E-state index in [4.69, 9.17) is 4.74 Å². The lowest BCUT2D eigenvalue weighted by Gasteiger charge is -2.13. The Labute approximate surface area is 138 Å². The molecule has 1 N–H and O–H groups in total. The molecule has 0 bridgehead atoms. The first-order valence-electron chi connectivity index (χ1n) is 7.82. The minimum absolute atomic E-state index is 0.0220. The monoisotopic (exact) mass is 311 g/mol. The summed E-state index contributed by atoms with van der Waals surface area (Å²) in [6, 6.07) is 6.24. The first kappa shape index (κ1) is 17.4. The van der Waals surface area contributed by atoms with Gasteiger partial charge in [0.25, 0.3) is 0 Å².